The maximum absolute atomic E-state index is 13.4. The molecule has 1 atom stereocenters. The lowest BCUT2D eigenvalue weighted by Crippen LogP contribution is -2.29. The normalized spacial score (nSPS) is 18.2. The van der Waals surface area contributed by atoms with Crippen molar-refractivity contribution < 1.29 is 4.39 Å². The zero-order valence-corrected chi connectivity index (χ0v) is 10.1. The quantitative estimate of drug-likeness (QED) is 0.819. The zero-order valence-electron chi connectivity index (χ0n) is 10.1. The van der Waals surface area contributed by atoms with Gasteiger partial charge in [-0.25, -0.2) is 4.39 Å². The standard InChI is InChI=1S/C14H20FN/c1-10-6-7-13(8-14(10)15)11(2)16-9-12-4-3-5-12/h6-8,11-12,16H,3-5,9H2,1-2H3. The van der Waals surface area contributed by atoms with Crippen LogP contribution in [0.4, 0.5) is 4.39 Å². The van der Waals surface area contributed by atoms with Gasteiger partial charge in [0.05, 0.1) is 0 Å². The fraction of sp³-hybridized carbons (Fsp3) is 0.571. The van der Waals surface area contributed by atoms with Crippen molar-refractivity contribution in [2.24, 2.45) is 5.92 Å². The monoisotopic (exact) mass is 221 g/mol. The average molecular weight is 221 g/mol. The van der Waals surface area contributed by atoms with Gasteiger partial charge in [-0.15, -0.1) is 0 Å². The van der Waals surface area contributed by atoms with Crippen LogP contribution < -0.4 is 5.32 Å². The van der Waals surface area contributed by atoms with Crippen molar-refractivity contribution in [3.05, 3.63) is 35.1 Å². The van der Waals surface area contributed by atoms with E-state index < -0.39 is 0 Å². The van der Waals surface area contributed by atoms with Gasteiger partial charge in [0.25, 0.3) is 0 Å². The molecule has 88 valence electrons. The molecule has 1 aliphatic rings. The topological polar surface area (TPSA) is 12.0 Å². The highest BCUT2D eigenvalue weighted by Gasteiger charge is 2.18. The van der Waals surface area contributed by atoms with Gasteiger partial charge in [0.1, 0.15) is 5.82 Å². The molecule has 16 heavy (non-hydrogen) atoms. The van der Waals surface area contributed by atoms with Crippen molar-refractivity contribution >= 4 is 0 Å². The Bertz CT molecular complexity index is 358. The smallest absolute Gasteiger partial charge is 0.126 e. The van der Waals surface area contributed by atoms with E-state index in [9.17, 15) is 4.39 Å². The van der Waals surface area contributed by atoms with Crippen LogP contribution in [-0.2, 0) is 0 Å². The van der Waals surface area contributed by atoms with Gasteiger partial charge in [-0.1, -0.05) is 18.6 Å². The van der Waals surface area contributed by atoms with E-state index in [0.717, 1.165) is 23.6 Å². The molecule has 0 aliphatic heterocycles. The van der Waals surface area contributed by atoms with Crippen molar-refractivity contribution in [3.8, 4) is 0 Å². The van der Waals surface area contributed by atoms with Crippen LogP contribution in [0.5, 0.6) is 0 Å². The number of hydrogen-bond acceptors (Lipinski definition) is 1. The van der Waals surface area contributed by atoms with Crippen molar-refractivity contribution in [1.82, 2.24) is 5.32 Å². The lowest BCUT2D eigenvalue weighted by Gasteiger charge is -2.27. The summed E-state index contributed by atoms with van der Waals surface area (Å²) in [6, 6.07) is 5.76. The van der Waals surface area contributed by atoms with Crippen LogP contribution in [-0.4, -0.2) is 6.54 Å². The van der Waals surface area contributed by atoms with E-state index in [2.05, 4.69) is 12.2 Å². The van der Waals surface area contributed by atoms with Gasteiger partial charge in [0, 0.05) is 6.04 Å². The number of halogens is 1. The Balaban J connectivity index is 1.91. The summed E-state index contributed by atoms with van der Waals surface area (Å²) in [4.78, 5) is 0. The number of benzene rings is 1. The third-order valence-corrected chi connectivity index (χ3v) is 3.63. The number of aryl methyl sites for hydroxylation is 1. The van der Waals surface area contributed by atoms with Crippen LogP contribution >= 0.6 is 0 Å². The molecule has 1 unspecified atom stereocenters. The SMILES string of the molecule is Cc1ccc(C(C)NCC2CCC2)cc1F. The molecule has 0 radical (unpaired) electrons. The largest absolute Gasteiger partial charge is 0.310 e. The molecule has 1 aromatic rings. The van der Waals surface area contributed by atoms with E-state index in [0.29, 0.717) is 0 Å². The Kier molecular flexibility index (Phi) is 3.59. The van der Waals surface area contributed by atoms with E-state index >= 15 is 0 Å². The molecule has 1 N–H and O–H groups in total. The van der Waals surface area contributed by atoms with Gasteiger partial charge >= 0.3 is 0 Å². The van der Waals surface area contributed by atoms with Gasteiger partial charge in [-0.05, 0) is 56.3 Å². The summed E-state index contributed by atoms with van der Waals surface area (Å²) >= 11 is 0. The summed E-state index contributed by atoms with van der Waals surface area (Å²) in [7, 11) is 0. The molecule has 0 amide bonds. The molecule has 1 fully saturated rings. The van der Waals surface area contributed by atoms with E-state index in [1.54, 1.807) is 13.0 Å². The van der Waals surface area contributed by atoms with Crippen molar-refractivity contribution in [1.29, 1.82) is 0 Å². The second-order valence-electron chi connectivity index (χ2n) is 4.94. The van der Waals surface area contributed by atoms with Crippen LogP contribution in [0.2, 0.25) is 0 Å². The maximum Gasteiger partial charge on any atom is 0.126 e. The fourth-order valence-electron chi connectivity index (χ4n) is 2.04. The summed E-state index contributed by atoms with van der Waals surface area (Å²) < 4.78 is 13.4. The first-order valence-electron chi connectivity index (χ1n) is 6.16. The van der Waals surface area contributed by atoms with E-state index in [1.165, 1.54) is 19.3 Å². The third-order valence-electron chi connectivity index (χ3n) is 3.63. The molecule has 2 heteroatoms. The van der Waals surface area contributed by atoms with E-state index in [4.69, 9.17) is 0 Å². The zero-order chi connectivity index (χ0) is 11.5. The van der Waals surface area contributed by atoms with Gasteiger partial charge < -0.3 is 5.32 Å². The maximum atomic E-state index is 13.4. The molecular formula is C14H20FN. The highest BCUT2D eigenvalue weighted by molar-refractivity contribution is 5.25. The fourth-order valence-corrected chi connectivity index (χ4v) is 2.04. The number of rotatable bonds is 4. The van der Waals surface area contributed by atoms with Crippen LogP contribution in [0.1, 0.15) is 43.4 Å². The van der Waals surface area contributed by atoms with Crippen LogP contribution in [0.15, 0.2) is 18.2 Å². The molecular weight excluding hydrogens is 201 g/mol. The first-order chi connectivity index (χ1) is 7.66. The molecule has 0 spiro atoms. The summed E-state index contributed by atoms with van der Waals surface area (Å²) in [5.41, 5.74) is 1.76. The predicted octanol–water partition coefficient (Wildman–Crippen LogP) is 3.58. The Morgan fingerprint density at radius 3 is 2.75 bits per heavy atom. The lowest BCUT2D eigenvalue weighted by molar-refractivity contribution is 0.292. The summed E-state index contributed by atoms with van der Waals surface area (Å²) in [6.45, 7) is 4.96. The van der Waals surface area contributed by atoms with Crippen LogP contribution in [0.25, 0.3) is 0 Å². The molecule has 1 nitrogen and oxygen atoms in total. The molecule has 1 aliphatic carbocycles. The third kappa shape index (κ3) is 2.62. The first-order valence-corrected chi connectivity index (χ1v) is 6.16. The number of hydrogen-bond donors (Lipinski definition) is 1. The van der Waals surface area contributed by atoms with Crippen LogP contribution in [0.3, 0.4) is 0 Å². The Labute approximate surface area is 97.1 Å². The minimum atomic E-state index is -0.102. The van der Waals surface area contributed by atoms with Crippen molar-refractivity contribution in [3.63, 3.8) is 0 Å². The van der Waals surface area contributed by atoms with Gasteiger partial charge in [0.2, 0.25) is 0 Å². The Morgan fingerprint density at radius 2 is 2.19 bits per heavy atom. The number of nitrogens with one attached hydrogen (secondary N) is 1. The van der Waals surface area contributed by atoms with Gasteiger partial charge in [0.15, 0.2) is 0 Å². The van der Waals surface area contributed by atoms with Gasteiger partial charge in [-0.2, -0.15) is 0 Å². The predicted molar refractivity (Wildman–Crippen MR) is 64.9 cm³/mol. The van der Waals surface area contributed by atoms with E-state index in [-0.39, 0.29) is 11.9 Å². The Morgan fingerprint density at radius 1 is 1.44 bits per heavy atom. The minimum absolute atomic E-state index is 0.102. The molecule has 1 saturated carbocycles. The summed E-state index contributed by atoms with van der Waals surface area (Å²) in [5, 5.41) is 3.48. The summed E-state index contributed by atoms with van der Waals surface area (Å²) in [5.74, 6) is 0.743. The second-order valence-corrected chi connectivity index (χ2v) is 4.94. The van der Waals surface area contributed by atoms with Gasteiger partial charge in [-0.3, -0.25) is 0 Å². The molecule has 1 aromatic carbocycles. The highest BCUT2D eigenvalue weighted by atomic mass is 19.1. The highest BCUT2D eigenvalue weighted by Crippen LogP contribution is 2.26. The van der Waals surface area contributed by atoms with Crippen molar-refractivity contribution in [2.75, 3.05) is 6.54 Å². The molecule has 0 aromatic heterocycles. The Hall–Kier alpha value is -0.890. The van der Waals surface area contributed by atoms with Crippen LogP contribution in [0, 0.1) is 18.7 Å². The van der Waals surface area contributed by atoms with E-state index in [1.807, 2.05) is 12.1 Å². The molecule has 0 saturated heterocycles. The second kappa shape index (κ2) is 4.96. The average Bonchev–Trinajstić information content (AvgIpc) is 2.19. The summed E-state index contributed by atoms with van der Waals surface area (Å²) in [6.07, 6.45) is 4.07. The first kappa shape index (κ1) is 11.6. The molecule has 2 rings (SSSR count). The minimum Gasteiger partial charge on any atom is -0.310 e. The lowest BCUT2D eigenvalue weighted by atomic mass is 9.85. The molecule has 0 bridgehead atoms. The van der Waals surface area contributed by atoms with Crippen molar-refractivity contribution in [2.45, 2.75) is 39.2 Å². The molecule has 0 heterocycles.